The number of hydrogen-bond donors (Lipinski definition) is 1. The van der Waals surface area contributed by atoms with E-state index in [9.17, 15) is 9.18 Å². The molecule has 0 radical (unpaired) electrons. The molecule has 1 aliphatic heterocycles. The molecule has 0 saturated carbocycles. The maximum atomic E-state index is 13.0. The summed E-state index contributed by atoms with van der Waals surface area (Å²) < 4.78 is 13.0. The van der Waals surface area contributed by atoms with E-state index in [4.69, 9.17) is 0 Å². The van der Waals surface area contributed by atoms with Crippen LogP contribution in [0, 0.1) is 5.82 Å². The first-order valence-electron chi connectivity index (χ1n) is 10.1. The Morgan fingerprint density at radius 3 is 2.23 bits per heavy atom. The van der Waals surface area contributed by atoms with Crippen molar-refractivity contribution in [2.24, 2.45) is 0 Å². The summed E-state index contributed by atoms with van der Waals surface area (Å²) in [6.45, 7) is 4.64. The Morgan fingerprint density at radius 2 is 1.63 bits per heavy atom. The molecule has 4 rings (SSSR count). The van der Waals surface area contributed by atoms with Gasteiger partial charge in [-0.05, 0) is 48.4 Å². The SMILES string of the molecule is CCc1ccc(-c2ccc(N3CCN(C(=O)Nc4ccc(F)cc4)CC3)nn2)cc1. The number of halogens is 1. The Bertz CT molecular complexity index is 982. The average molecular weight is 405 g/mol. The highest BCUT2D eigenvalue weighted by Gasteiger charge is 2.22. The van der Waals surface area contributed by atoms with Crippen molar-refractivity contribution in [2.45, 2.75) is 13.3 Å². The maximum absolute atomic E-state index is 13.0. The number of aromatic nitrogens is 2. The van der Waals surface area contributed by atoms with Gasteiger partial charge in [-0.2, -0.15) is 0 Å². The van der Waals surface area contributed by atoms with Gasteiger partial charge in [-0.3, -0.25) is 0 Å². The molecule has 1 fully saturated rings. The van der Waals surface area contributed by atoms with Crippen LogP contribution in [0.2, 0.25) is 0 Å². The lowest BCUT2D eigenvalue weighted by atomic mass is 10.1. The Labute approximate surface area is 175 Å². The first-order chi connectivity index (χ1) is 14.6. The standard InChI is InChI=1S/C23H24FN5O/c1-2-17-3-5-18(6-4-17)21-11-12-22(27-26-21)28-13-15-29(16-14-28)23(30)25-20-9-7-19(24)8-10-20/h3-12H,2,13-16H2,1H3,(H,25,30). The van der Waals surface area contributed by atoms with E-state index in [1.54, 1.807) is 17.0 Å². The number of aryl methyl sites for hydroxylation is 1. The fourth-order valence-corrected chi connectivity index (χ4v) is 3.43. The van der Waals surface area contributed by atoms with E-state index in [1.165, 1.54) is 17.7 Å². The highest BCUT2D eigenvalue weighted by atomic mass is 19.1. The molecule has 0 atom stereocenters. The van der Waals surface area contributed by atoms with Crippen molar-refractivity contribution in [2.75, 3.05) is 36.4 Å². The number of benzene rings is 2. The number of nitrogens with zero attached hydrogens (tertiary/aromatic N) is 4. The summed E-state index contributed by atoms with van der Waals surface area (Å²) in [5, 5.41) is 11.6. The van der Waals surface area contributed by atoms with E-state index < -0.39 is 0 Å². The first-order valence-corrected chi connectivity index (χ1v) is 10.1. The number of piperazine rings is 1. The predicted octanol–water partition coefficient (Wildman–Crippen LogP) is 4.20. The second-order valence-corrected chi connectivity index (χ2v) is 7.24. The van der Waals surface area contributed by atoms with Crippen LogP contribution in [0.25, 0.3) is 11.3 Å². The van der Waals surface area contributed by atoms with Gasteiger partial charge in [0.05, 0.1) is 5.69 Å². The Hall–Kier alpha value is -3.48. The molecule has 1 aliphatic rings. The molecule has 2 heterocycles. The molecule has 7 heteroatoms. The smallest absolute Gasteiger partial charge is 0.321 e. The number of nitrogens with one attached hydrogen (secondary N) is 1. The van der Waals surface area contributed by atoms with Crippen LogP contribution in [0.15, 0.2) is 60.7 Å². The van der Waals surface area contributed by atoms with E-state index in [1.807, 2.05) is 12.1 Å². The van der Waals surface area contributed by atoms with Crippen LogP contribution >= 0.6 is 0 Å². The zero-order chi connectivity index (χ0) is 20.9. The number of carbonyl (C=O) groups is 1. The van der Waals surface area contributed by atoms with Crippen LogP contribution in [0.1, 0.15) is 12.5 Å². The summed E-state index contributed by atoms with van der Waals surface area (Å²) in [4.78, 5) is 16.3. The number of rotatable bonds is 4. The van der Waals surface area contributed by atoms with Crippen molar-refractivity contribution >= 4 is 17.5 Å². The summed E-state index contributed by atoms with van der Waals surface area (Å²) in [7, 11) is 0. The topological polar surface area (TPSA) is 61.4 Å². The van der Waals surface area contributed by atoms with Gasteiger partial charge in [0.15, 0.2) is 5.82 Å². The lowest BCUT2D eigenvalue weighted by Crippen LogP contribution is -2.50. The Balaban J connectivity index is 1.33. The normalized spacial score (nSPS) is 13.9. The zero-order valence-corrected chi connectivity index (χ0v) is 16.9. The highest BCUT2D eigenvalue weighted by Crippen LogP contribution is 2.20. The molecule has 0 bridgehead atoms. The minimum atomic E-state index is -0.327. The van der Waals surface area contributed by atoms with Gasteiger partial charge in [0, 0.05) is 37.4 Å². The van der Waals surface area contributed by atoms with Gasteiger partial charge < -0.3 is 15.1 Å². The van der Waals surface area contributed by atoms with Gasteiger partial charge in [0.25, 0.3) is 0 Å². The molecular formula is C23H24FN5O. The molecule has 1 saturated heterocycles. The van der Waals surface area contributed by atoms with Crippen LogP contribution in [0.4, 0.5) is 20.7 Å². The number of amides is 2. The number of urea groups is 1. The molecule has 2 amide bonds. The Kier molecular flexibility index (Phi) is 5.88. The molecular weight excluding hydrogens is 381 g/mol. The predicted molar refractivity (Wildman–Crippen MR) is 116 cm³/mol. The fourth-order valence-electron chi connectivity index (χ4n) is 3.43. The van der Waals surface area contributed by atoms with Gasteiger partial charge in [-0.1, -0.05) is 31.2 Å². The van der Waals surface area contributed by atoms with Crippen molar-refractivity contribution in [1.29, 1.82) is 0 Å². The third-order valence-corrected chi connectivity index (χ3v) is 5.29. The summed E-state index contributed by atoms with van der Waals surface area (Å²) in [5.74, 6) is 0.481. The molecule has 6 nitrogen and oxygen atoms in total. The Morgan fingerprint density at radius 1 is 0.933 bits per heavy atom. The molecule has 0 aliphatic carbocycles. The number of anilines is 2. The quantitative estimate of drug-likeness (QED) is 0.707. The van der Waals surface area contributed by atoms with Gasteiger partial charge >= 0.3 is 6.03 Å². The van der Waals surface area contributed by atoms with Gasteiger partial charge in [0.2, 0.25) is 0 Å². The second kappa shape index (κ2) is 8.90. The molecule has 0 unspecified atom stereocenters. The molecule has 30 heavy (non-hydrogen) atoms. The summed E-state index contributed by atoms with van der Waals surface area (Å²) in [6, 6.07) is 17.9. The minimum absolute atomic E-state index is 0.182. The summed E-state index contributed by atoms with van der Waals surface area (Å²) in [6.07, 6.45) is 1.01. The summed E-state index contributed by atoms with van der Waals surface area (Å²) >= 11 is 0. The molecule has 3 aromatic rings. The van der Waals surface area contributed by atoms with Gasteiger partial charge in [-0.25, -0.2) is 9.18 Å². The molecule has 154 valence electrons. The fraction of sp³-hybridized carbons (Fsp3) is 0.261. The van der Waals surface area contributed by atoms with Crippen molar-refractivity contribution in [1.82, 2.24) is 15.1 Å². The van der Waals surface area contributed by atoms with Crippen LogP contribution in [0.5, 0.6) is 0 Å². The van der Waals surface area contributed by atoms with Crippen LogP contribution in [0.3, 0.4) is 0 Å². The third-order valence-electron chi connectivity index (χ3n) is 5.29. The molecule has 1 N–H and O–H groups in total. The van der Waals surface area contributed by atoms with Crippen molar-refractivity contribution < 1.29 is 9.18 Å². The second-order valence-electron chi connectivity index (χ2n) is 7.24. The van der Waals surface area contributed by atoms with Crippen molar-refractivity contribution in [3.8, 4) is 11.3 Å². The minimum Gasteiger partial charge on any atom is -0.352 e. The lowest BCUT2D eigenvalue weighted by Gasteiger charge is -2.35. The highest BCUT2D eigenvalue weighted by molar-refractivity contribution is 5.89. The molecule has 0 spiro atoms. The van der Waals surface area contributed by atoms with E-state index >= 15 is 0 Å². The van der Waals surface area contributed by atoms with Crippen molar-refractivity contribution in [3.05, 3.63) is 72.0 Å². The summed E-state index contributed by atoms with van der Waals surface area (Å²) in [5.41, 5.74) is 3.77. The monoisotopic (exact) mass is 405 g/mol. The number of hydrogen-bond acceptors (Lipinski definition) is 4. The number of carbonyl (C=O) groups excluding carboxylic acids is 1. The van der Waals surface area contributed by atoms with Crippen LogP contribution in [-0.2, 0) is 6.42 Å². The van der Waals surface area contributed by atoms with E-state index in [0.29, 0.717) is 31.9 Å². The van der Waals surface area contributed by atoms with Crippen LogP contribution < -0.4 is 10.2 Å². The van der Waals surface area contributed by atoms with E-state index in [-0.39, 0.29) is 11.8 Å². The maximum Gasteiger partial charge on any atom is 0.321 e. The van der Waals surface area contributed by atoms with Gasteiger partial charge in [-0.15, -0.1) is 10.2 Å². The van der Waals surface area contributed by atoms with E-state index in [2.05, 4.69) is 51.6 Å². The molecule has 1 aromatic heterocycles. The molecule has 2 aromatic carbocycles. The first kappa shape index (κ1) is 19.8. The third kappa shape index (κ3) is 4.56. The van der Waals surface area contributed by atoms with E-state index in [0.717, 1.165) is 23.5 Å². The van der Waals surface area contributed by atoms with Crippen molar-refractivity contribution in [3.63, 3.8) is 0 Å². The van der Waals surface area contributed by atoms with Crippen LogP contribution in [-0.4, -0.2) is 47.3 Å². The zero-order valence-electron chi connectivity index (χ0n) is 16.9. The largest absolute Gasteiger partial charge is 0.352 e. The average Bonchev–Trinajstić information content (AvgIpc) is 2.81. The lowest BCUT2D eigenvalue weighted by molar-refractivity contribution is 0.208. The van der Waals surface area contributed by atoms with Gasteiger partial charge in [0.1, 0.15) is 5.82 Å².